The predicted octanol–water partition coefficient (Wildman–Crippen LogP) is 4.31. The van der Waals surface area contributed by atoms with Crippen LogP contribution in [-0.2, 0) is 21.1 Å². The van der Waals surface area contributed by atoms with E-state index < -0.39 is 0 Å². The normalized spacial score (nSPS) is 16.7. The Bertz CT molecular complexity index is 250. The van der Waals surface area contributed by atoms with Crippen LogP contribution in [0.3, 0.4) is 0 Å². The van der Waals surface area contributed by atoms with Crippen molar-refractivity contribution in [3.05, 3.63) is 72.9 Å². The van der Waals surface area contributed by atoms with E-state index in [1.54, 1.807) is 0 Å². The average Bonchev–Trinajstić information content (AvgIpc) is 2.28. The monoisotopic (exact) mass is 310 g/mol. The Labute approximate surface area is 121 Å². The van der Waals surface area contributed by atoms with E-state index in [0.29, 0.717) is 0 Å². The van der Waals surface area contributed by atoms with Crippen molar-refractivity contribution in [3.63, 3.8) is 0 Å². The summed E-state index contributed by atoms with van der Waals surface area (Å²) in [5, 5.41) is 0. The summed E-state index contributed by atoms with van der Waals surface area (Å²) in [6.07, 6.45) is 8.48. The van der Waals surface area contributed by atoms with Crippen LogP contribution in [0.4, 0.5) is 0 Å². The molecule has 17 heavy (non-hydrogen) atoms. The van der Waals surface area contributed by atoms with E-state index in [1.165, 1.54) is 23.0 Å². The Morgan fingerprint density at radius 1 is 0.706 bits per heavy atom. The van der Waals surface area contributed by atoms with E-state index in [2.05, 4.69) is 77.6 Å². The van der Waals surface area contributed by atoms with Gasteiger partial charge in [0.25, 0.3) is 0 Å². The van der Waals surface area contributed by atoms with Crippen LogP contribution in [0, 0.1) is 51.4 Å². The average molecular weight is 308 g/mol. The Hall–Kier alpha value is -0.0917. The predicted molar refractivity (Wildman–Crippen MR) is 71.0 cm³/mol. The molecule has 0 spiro atoms. The second kappa shape index (κ2) is 8.92. The van der Waals surface area contributed by atoms with Crippen LogP contribution in [0.1, 0.15) is 25.0 Å². The Morgan fingerprint density at radius 2 is 0.941 bits per heavy atom. The van der Waals surface area contributed by atoms with Gasteiger partial charge in [0.2, 0.25) is 0 Å². The first-order chi connectivity index (χ1) is 7.58. The summed E-state index contributed by atoms with van der Waals surface area (Å²) in [5.41, 5.74) is 2.66. The molecule has 0 nitrogen and oxygen atoms in total. The van der Waals surface area contributed by atoms with Crippen LogP contribution in [-0.4, -0.2) is 0 Å². The van der Waals surface area contributed by atoms with E-state index in [4.69, 9.17) is 0 Å². The molecule has 1 aliphatic rings. The fourth-order valence-electron chi connectivity index (χ4n) is 1.27. The van der Waals surface area contributed by atoms with Crippen LogP contribution in [0.5, 0.6) is 0 Å². The van der Waals surface area contributed by atoms with Gasteiger partial charge in [-0.25, -0.2) is 13.8 Å². The first kappa shape index (κ1) is 16.9. The number of hydrogen-bond acceptors (Lipinski definition) is 0. The number of aryl methyl sites for hydroxylation is 2. The van der Waals surface area contributed by atoms with Crippen LogP contribution in [0.2, 0.25) is 0 Å². The van der Waals surface area contributed by atoms with E-state index in [-0.39, 0.29) is 21.1 Å². The third-order valence-corrected chi connectivity index (χ3v) is 2.44. The van der Waals surface area contributed by atoms with Gasteiger partial charge in [-0.05, 0) is 13.8 Å². The van der Waals surface area contributed by atoms with E-state index >= 15 is 0 Å². The van der Waals surface area contributed by atoms with Gasteiger partial charge in [-0.15, -0.1) is 0 Å². The van der Waals surface area contributed by atoms with Crippen molar-refractivity contribution >= 4 is 0 Å². The smallest absolute Gasteiger partial charge is 0 e. The summed E-state index contributed by atoms with van der Waals surface area (Å²) >= 11 is 0. The van der Waals surface area contributed by atoms with E-state index in [1.807, 2.05) is 0 Å². The van der Waals surface area contributed by atoms with Gasteiger partial charge in [-0.2, -0.15) is 0 Å². The van der Waals surface area contributed by atoms with Crippen LogP contribution < -0.4 is 0 Å². The second-order valence-electron chi connectivity index (χ2n) is 4.31. The fourth-order valence-corrected chi connectivity index (χ4v) is 1.27. The summed E-state index contributed by atoms with van der Waals surface area (Å²) < 4.78 is 0. The summed E-state index contributed by atoms with van der Waals surface area (Å²) in [4.78, 5) is 0. The molecule has 1 aromatic carbocycles. The van der Waals surface area contributed by atoms with Gasteiger partial charge in [0.1, 0.15) is 0 Å². The van der Waals surface area contributed by atoms with Crippen molar-refractivity contribution in [1.29, 1.82) is 0 Å². The topological polar surface area (TPSA) is 0 Å². The van der Waals surface area contributed by atoms with E-state index in [9.17, 15) is 0 Å². The third-order valence-electron chi connectivity index (χ3n) is 2.44. The van der Waals surface area contributed by atoms with Crippen molar-refractivity contribution in [2.75, 3.05) is 0 Å². The molecule has 1 aromatic rings. The summed E-state index contributed by atoms with van der Waals surface area (Å²) in [6, 6.07) is 8.48. The van der Waals surface area contributed by atoms with Crippen molar-refractivity contribution in [1.82, 2.24) is 0 Å². The van der Waals surface area contributed by atoms with Gasteiger partial charge in [-0.3, -0.25) is 0 Å². The molecule has 0 unspecified atom stereocenters. The van der Waals surface area contributed by atoms with Crippen molar-refractivity contribution in [3.8, 4) is 0 Å². The molecular formula is C16H20Mo-6. The molecular weight excluding hydrogens is 288 g/mol. The van der Waals surface area contributed by atoms with Gasteiger partial charge in [-0.1, -0.05) is 35.4 Å². The quantitative estimate of drug-likeness (QED) is 0.495. The molecule has 0 radical (unpaired) electrons. The molecule has 2 rings (SSSR count). The van der Waals surface area contributed by atoms with Gasteiger partial charge in [0.05, 0.1) is 0 Å². The molecule has 0 N–H and O–H groups in total. The Balaban J connectivity index is 0.000000284. The largest absolute Gasteiger partial charge is 0.723 e. The van der Waals surface area contributed by atoms with Gasteiger partial charge < -0.3 is 37.5 Å². The van der Waals surface area contributed by atoms with Crippen LogP contribution >= 0.6 is 0 Å². The summed E-state index contributed by atoms with van der Waals surface area (Å²) in [7, 11) is 0. The van der Waals surface area contributed by atoms with Crippen molar-refractivity contribution < 1.29 is 21.1 Å². The standard InChI is InChI=1S/2C8H10.Mo/c2*1-7-3-5-8(2)6-4-7;/h2*3-6H,1-2H3;/q;-6;. The fraction of sp³-hybridized carbons (Fsp3) is 0.250. The maximum absolute atomic E-state index is 2.12. The molecule has 0 atom stereocenters. The maximum atomic E-state index is 2.12. The van der Waals surface area contributed by atoms with Crippen molar-refractivity contribution in [2.45, 2.75) is 27.7 Å². The van der Waals surface area contributed by atoms with Gasteiger partial charge in [0.15, 0.2) is 0 Å². The number of rotatable bonds is 0. The minimum atomic E-state index is 0. The first-order valence-electron chi connectivity index (χ1n) is 5.64. The molecule has 0 aromatic heterocycles. The SMILES string of the molecule is C[C-]1[CH-][CH-][C-](C)[CH-][CH-]1.Cc1ccc(C)cc1.[Mo]. The minimum Gasteiger partial charge on any atom is -0.723 e. The third kappa shape index (κ3) is 7.76. The van der Waals surface area contributed by atoms with E-state index in [0.717, 1.165) is 0 Å². The number of benzene rings is 1. The summed E-state index contributed by atoms with van der Waals surface area (Å²) in [6.45, 7) is 8.39. The number of hydrogen-bond donors (Lipinski definition) is 0. The molecule has 0 saturated heterocycles. The molecule has 0 aliphatic heterocycles. The Kier molecular flexibility index (Phi) is 8.87. The molecule has 1 heteroatoms. The maximum Gasteiger partial charge on any atom is 0 e. The molecule has 1 aliphatic carbocycles. The molecule has 1 saturated carbocycles. The van der Waals surface area contributed by atoms with Gasteiger partial charge >= 0.3 is 0 Å². The molecule has 96 valence electrons. The molecule has 0 heterocycles. The molecule has 1 fully saturated rings. The Morgan fingerprint density at radius 3 is 1.18 bits per heavy atom. The van der Waals surface area contributed by atoms with Gasteiger partial charge in [0, 0.05) is 21.1 Å². The van der Waals surface area contributed by atoms with Crippen LogP contribution in [0.25, 0.3) is 0 Å². The summed E-state index contributed by atoms with van der Waals surface area (Å²) in [5.74, 6) is 2.66. The van der Waals surface area contributed by atoms with Crippen LogP contribution in [0.15, 0.2) is 24.3 Å². The second-order valence-corrected chi connectivity index (χ2v) is 4.31. The minimum absolute atomic E-state index is 0. The first-order valence-corrected chi connectivity index (χ1v) is 5.64. The zero-order valence-electron chi connectivity index (χ0n) is 11.0. The zero-order valence-corrected chi connectivity index (χ0v) is 13.0. The zero-order chi connectivity index (χ0) is 12.0. The molecule has 0 bridgehead atoms. The molecule has 0 amide bonds. The van der Waals surface area contributed by atoms with Crippen molar-refractivity contribution in [2.24, 2.45) is 0 Å².